The fourth-order valence-corrected chi connectivity index (χ4v) is 3.85. The molecule has 1 atom stereocenters. The van der Waals surface area contributed by atoms with Crippen molar-refractivity contribution >= 4 is 11.9 Å². The SMILES string of the molecule is O=C(O)c1cnc(C(=O)NC2CCCc3cn(C4CCCC4)nc32)cn1. The molecular weight excluding hydrogens is 334 g/mol. The summed E-state index contributed by atoms with van der Waals surface area (Å²) in [6, 6.07) is 0.334. The molecule has 2 heterocycles. The van der Waals surface area contributed by atoms with Crippen LogP contribution in [0.5, 0.6) is 0 Å². The molecule has 0 bridgehead atoms. The van der Waals surface area contributed by atoms with Crippen LogP contribution in [0.1, 0.15) is 82.8 Å². The van der Waals surface area contributed by atoms with Crippen molar-refractivity contribution < 1.29 is 14.7 Å². The van der Waals surface area contributed by atoms with Crippen molar-refractivity contribution in [3.63, 3.8) is 0 Å². The number of carboxylic acid groups (broad SMARTS) is 1. The van der Waals surface area contributed by atoms with E-state index in [1.165, 1.54) is 37.4 Å². The molecule has 136 valence electrons. The number of nitrogens with one attached hydrogen (secondary N) is 1. The number of rotatable bonds is 4. The lowest BCUT2D eigenvalue weighted by molar-refractivity contribution is 0.0688. The Bertz CT molecular complexity index is 824. The monoisotopic (exact) mass is 355 g/mol. The summed E-state index contributed by atoms with van der Waals surface area (Å²) in [5, 5.41) is 16.6. The lowest BCUT2D eigenvalue weighted by Crippen LogP contribution is -2.32. The van der Waals surface area contributed by atoms with Gasteiger partial charge < -0.3 is 10.4 Å². The van der Waals surface area contributed by atoms with E-state index in [1.54, 1.807) is 0 Å². The molecule has 0 saturated heterocycles. The van der Waals surface area contributed by atoms with Gasteiger partial charge in [-0.15, -0.1) is 0 Å². The molecule has 2 N–H and O–H groups in total. The van der Waals surface area contributed by atoms with E-state index >= 15 is 0 Å². The smallest absolute Gasteiger partial charge is 0.356 e. The molecule has 1 fully saturated rings. The number of carbonyl (C=O) groups excluding carboxylic acids is 1. The van der Waals surface area contributed by atoms with Crippen LogP contribution in [0.4, 0.5) is 0 Å². The van der Waals surface area contributed by atoms with Crippen molar-refractivity contribution in [1.82, 2.24) is 25.1 Å². The summed E-state index contributed by atoms with van der Waals surface area (Å²) in [5.41, 5.74) is 2.08. The summed E-state index contributed by atoms with van der Waals surface area (Å²) >= 11 is 0. The van der Waals surface area contributed by atoms with Crippen molar-refractivity contribution in [2.75, 3.05) is 0 Å². The number of hydrogen-bond acceptors (Lipinski definition) is 5. The third-order valence-corrected chi connectivity index (χ3v) is 5.22. The Kier molecular flexibility index (Phi) is 4.40. The molecule has 26 heavy (non-hydrogen) atoms. The lowest BCUT2D eigenvalue weighted by Gasteiger charge is -2.22. The van der Waals surface area contributed by atoms with E-state index in [1.807, 2.05) is 0 Å². The highest BCUT2D eigenvalue weighted by atomic mass is 16.4. The van der Waals surface area contributed by atoms with Gasteiger partial charge in [0.25, 0.3) is 5.91 Å². The molecule has 1 unspecified atom stereocenters. The molecule has 2 aromatic rings. The summed E-state index contributed by atoms with van der Waals surface area (Å²) in [4.78, 5) is 31.0. The number of aromatic nitrogens is 4. The lowest BCUT2D eigenvalue weighted by atomic mass is 9.93. The number of aromatic carboxylic acids is 1. The van der Waals surface area contributed by atoms with Crippen molar-refractivity contribution in [3.05, 3.63) is 41.2 Å². The molecule has 0 radical (unpaired) electrons. The van der Waals surface area contributed by atoms with Gasteiger partial charge in [-0.05, 0) is 37.7 Å². The number of nitrogens with zero attached hydrogens (tertiary/aromatic N) is 4. The molecule has 2 aliphatic carbocycles. The van der Waals surface area contributed by atoms with Gasteiger partial charge in [0.05, 0.1) is 30.2 Å². The quantitative estimate of drug-likeness (QED) is 0.871. The summed E-state index contributed by atoms with van der Waals surface area (Å²) in [6.07, 6.45) is 12.1. The first-order chi connectivity index (χ1) is 12.6. The zero-order valence-electron chi connectivity index (χ0n) is 14.4. The molecule has 8 heteroatoms. The molecule has 1 amide bonds. The number of amides is 1. The van der Waals surface area contributed by atoms with Gasteiger partial charge in [-0.2, -0.15) is 5.10 Å². The first-order valence-electron chi connectivity index (χ1n) is 9.06. The maximum Gasteiger partial charge on any atom is 0.356 e. The average molecular weight is 355 g/mol. The highest BCUT2D eigenvalue weighted by Gasteiger charge is 2.28. The Morgan fingerprint density at radius 2 is 1.81 bits per heavy atom. The minimum Gasteiger partial charge on any atom is -0.476 e. The van der Waals surface area contributed by atoms with E-state index in [4.69, 9.17) is 10.2 Å². The average Bonchev–Trinajstić information content (AvgIpc) is 3.31. The predicted molar refractivity (Wildman–Crippen MR) is 91.9 cm³/mol. The van der Waals surface area contributed by atoms with E-state index in [9.17, 15) is 9.59 Å². The van der Waals surface area contributed by atoms with E-state index in [0.717, 1.165) is 31.2 Å². The van der Waals surface area contributed by atoms with Crippen LogP contribution in [0.25, 0.3) is 0 Å². The van der Waals surface area contributed by atoms with Crippen LogP contribution in [0, 0.1) is 0 Å². The number of fused-ring (bicyclic) bond motifs is 1. The minimum absolute atomic E-state index is 0.109. The van der Waals surface area contributed by atoms with Gasteiger partial charge in [-0.3, -0.25) is 9.48 Å². The standard InChI is InChI=1S/C18H21N5O3/c24-17(14-8-20-15(9-19-14)18(25)26)21-13-7-3-4-11-10-23(22-16(11)13)12-5-1-2-6-12/h8-10,12-13H,1-7H2,(H,21,24)(H,25,26). The molecule has 1 saturated carbocycles. The zero-order chi connectivity index (χ0) is 18.1. The second kappa shape index (κ2) is 6.86. The molecule has 2 aromatic heterocycles. The van der Waals surface area contributed by atoms with Gasteiger partial charge in [-0.25, -0.2) is 14.8 Å². The maximum absolute atomic E-state index is 12.5. The van der Waals surface area contributed by atoms with Crippen LogP contribution < -0.4 is 5.32 Å². The Hall–Kier alpha value is -2.77. The second-order valence-corrected chi connectivity index (χ2v) is 6.97. The normalized spacial score (nSPS) is 19.9. The van der Waals surface area contributed by atoms with Crippen LogP contribution in [0.15, 0.2) is 18.6 Å². The van der Waals surface area contributed by atoms with E-state index in [0.29, 0.717) is 6.04 Å². The van der Waals surface area contributed by atoms with Gasteiger partial charge in [-0.1, -0.05) is 12.8 Å². The summed E-state index contributed by atoms with van der Waals surface area (Å²) in [6.45, 7) is 0. The van der Waals surface area contributed by atoms with Crippen LogP contribution in [0.3, 0.4) is 0 Å². The Morgan fingerprint density at radius 3 is 2.50 bits per heavy atom. The van der Waals surface area contributed by atoms with Crippen molar-refractivity contribution in [1.29, 1.82) is 0 Å². The summed E-state index contributed by atoms with van der Waals surface area (Å²) in [5.74, 6) is -1.53. The Morgan fingerprint density at radius 1 is 1.08 bits per heavy atom. The van der Waals surface area contributed by atoms with Gasteiger partial charge in [0.2, 0.25) is 0 Å². The van der Waals surface area contributed by atoms with Gasteiger partial charge >= 0.3 is 5.97 Å². The first-order valence-corrected chi connectivity index (χ1v) is 9.06. The molecule has 0 spiro atoms. The molecule has 0 aliphatic heterocycles. The largest absolute Gasteiger partial charge is 0.476 e. The molecule has 0 aromatic carbocycles. The zero-order valence-corrected chi connectivity index (χ0v) is 14.4. The fourth-order valence-electron chi connectivity index (χ4n) is 3.85. The highest BCUT2D eigenvalue weighted by Crippen LogP contribution is 2.33. The topological polar surface area (TPSA) is 110 Å². The van der Waals surface area contributed by atoms with E-state index in [-0.39, 0.29) is 23.3 Å². The second-order valence-electron chi connectivity index (χ2n) is 6.97. The van der Waals surface area contributed by atoms with Gasteiger partial charge in [0, 0.05) is 6.20 Å². The predicted octanol–water partition coefficient (Wildman–Crippen LogP) is 2.29. The molecule has 8 nitrogen and oxygen atoms in total. The maximum atomic E-state index is 12.5. The summed E-state index contributed by atoms with van der Waals surface area (Å²) in [7, 11) is 0. The number of carboxylic acids is 1. The summed E-state index contributed by atoms with van der Waals surface area (Å²) < 4.78 is 2.09. The first kappa shape index (κ1) is 16.7. The van der Waals surface area contributed by atoms with Gasteiger partial charge in [0.1, 0.15) is 5.69 Å². The third kappa shape index (κ3) is 3.18. The van der Waals surface area contributed by atoms with Crippen molar-refractivity contribution in [2.45, 2.75) is 57.0 Å². The van der Waals surface area contributed by atoms with Crippen molar-refractivity contribution in [2.24, 2.45) is 0 Å². The van der Waals surface area contributed by atoms with E-state index < -0.39 is 5.97 Å². The van der Waals surface area contributed by atoms with Crippen LogP contribution >= 0.6 is 0 Å². The van der Waals surface area contributed by atoms with Crippen LogP contribution in [-0.2, 0) is 6.42 Å². The molecular formula is C18H21N5O3. The van der Waals surface area contributed by atoms with Crippen LogP contribution in [0.2, 0.25) is 0 Å². The van der Waals surface area contributed by atoms with Gasteiger partial charge in [0.15, 0.2) is 5.69 Å². The molecule has 2 aliphatic rings. The third-order valence-electron chi connectivity index (χ3n) is 5.22. The van der Waals surface area contributed by atoms with Crippen LogP contribution in [-0.4, -0.2) is 36.7 Å². The Labute approximate surface area is 150 Å². The fraction of sp³-hybridized carbons (Fsp3) is 0.500. The number of carbonyl (C=O) groups is 2. The number of aryl methyl sites for hydroxylation is 1. The van der Waals surface area contributed by atoms with E-state index in [2.05, 4.69) is 26.2 Å². The Balaban J connectivity index is 1.50. The van der Waals surface area contributed by atoms with Crippen molar-refractivity contribution in [3.8, 4) is 0 Å². The highest BCUT2D eigenvalue weighted by molar-refractivity contribution is 5.93. The minimum atomic E-state index is -1.17. The molecule has 4 rings (SSSR count). The number of hydrogen-bond donors (Lipinski definition) is 2.